The Morgan fingerprint density at radius 2 is 0.984 bits per heavy atom. The lowest BCUT2D eigenvalue weighted by atomic mass is 10.1. The Bertz CT molecular complexity index is 2670. The zero-order valence-electron chi connectivity index (χ0n) is 32.6. The minimum Gasteiger partial charge on any atom is -0.497 e. The van der Waals surface area contributed by atoms with Crippen LogP contribution in [-0.4, -0.2) is 94.9 Å². The Hall–Kier alpha value is -4.44. The second kappa shape index (κ2) is 19.3. The molecule has 11 nitrogen and oxygen atoms in total. The molecule has 4 heterocycles. The molecule has 2 aliphatic rings. The van der Waals surface area contributed by atoms with E-state index in [-0.39, 0.29) is 26.2 Å². The van der Waals surface area contributed by atoms with Crippen LogP contribution in [0.3, 0.4) is 0 Å². The summed E-state index contributed by atoms with van der Waals surface area (Å²) in [5.41, 5.74) is 4.08. The average Bonchev–Trinajstić information content (AvgIpc) is 3.91. The molecule has 0 N–H and O–H groups in total. The number of benzene rings is 4. The Morgan fingerprint density at radius 1 is 0.590 bits per heavy atom. The zero-order chi connectivity index (χ0) is 43.3. The SMILES string of the molecule is COc1cccc(Cc2csc(N3CCN(S(=O)(=O)c4c(F)cccc4F)CC3)n2)c1.O=S(=O)(c1c(F)cccc1F)N1CCN(c2nc(Cc3cccc(Br)c3)cs2)CC1. The summed E-state index contributed by atoms with van der Waals surface area (Å²) in [6.07, 6.45) is 1.37. The fourth-order valence-corrected chi connectivity index (χ4v) is 12.1. The number of piperazine rings is 2. The highest BCUT2D eigenvalue weighted by molar-refractivity contribution is 9.10. The molecular formula is C41H39BrF4N6O5S4. The standard InChI is InChI=1S/C21H21F2N3O3S2.C20H18BrF2N3O2S2/c1-29-17-5-2-4-15(13-17)12-16-14-30-21(24-16)25-8-10-26(11-9-25)31(27,28)20-18(22)6-3-7-19(20)23;21-15-4-1-3-14(11-15)12-16-13-29-20(24-16)25-7-9-26(10-8-25)30(27,28)19-17(22)5-2-6-18(19)23/h2-7,13-14H,8-12H2,1H3;1-6,11,13H,7-10,12H2. The van der Waals surface area contributed by atoms with Crippen molar-refractivity contribution >= 4 is 68.9 Å². The molecule has 0 amide bonds. The first kappa shape index (κ1) is 44.6. The van der Waals surface area contributed by atoms with E-state index < -0.39 is 53.1 Å². The lowest BCUT2D eigenvalue weighted by Crippen LogP contribution is -2.49. The highest BCUT2D eigenvalue weighted by atomic mass is 79.9. The predicted octanol–water partition coefficient (Wildman–Crippen LogP) is 7.82. The van der Waals surface area contributed by atoms with Gasteiger partial charge in [-0.25, -0.2) is 44.4 Å². The lowest BCUT2D eigenvalue weighted by Gasteiger charge is -2.33. The summed E-state index contributed by atoms with van der Waals surface area (Å²) in [6, 6.07) is 21.9. The van der Waals surface area contributed by atoms with Crippen molar-refractivity contribution < 1.29 is 39.1 Å². The van der Waals surface area contributed by atoms with E-state index in [0.29, 0.717) is 39.0 Å². The van der Waals surface area contributed by atoms with Crippen LogP contribution in [0, 0.1) is 23.3 Å². The largest absolute Gasteiger partial charge is 0.497 e. The number of ether oxygens (including phenoxy) is 1. The van der Waals surface area contributed by atoms with Gasteiger partial charge in [-0.2, -0.15) is 8.61 Å². The number of rotatable bonds is 11. The maximum absolute atomic E-state index is 14.0. The van der Waals surface area contributed by atoms with E-state index in [0.717, 1.165) is 88.0 Å². The second-order valence-electron chi connectivity index (χ2n) is 14.0. The van der Waals surface area contributed by atoms with Gasteiger partial charge < -0.3 is 14.5 Å². The fraction of sp³-hybridized carbons (Fsp3) is 0.268. The number of nitrogens with zero attached hydrogens (tertiary/aromatic N) is 6. The third kappa shape index (κ3) is 10.4. The van der Waals surface area contributed by atoms with Crippen molar-refractivity contribution in [2.75, 3.05) is 69.3 Å². The third-order valence-corrected chi connectivity index (χ3v) is 16.2. The van der Waals surface area contributed by atoms with E-state index in [1.165, 1.54) is 22.7 Å². The first-order valence-corrected chi connectivity index (χ1v) is 24.3. The molecule has 0 radical (unpaired) electrons. The molecule has 2 saturated heterocycles. The van der Waals surface area contributed by atoms with Crippen molar-refractivity contribution in [3.63, 3.8) is 0 Å². The van der Waals surface area contributed by atoms with E-state index >= 15 is 0 Å². The van der Waals surface area contributed by atoms with E-state index in [1.807, 2.05) is 69.1 Å². The molecule has 0 unspecified atom stereocenters. The highest BCUT2D eigenvalue weighted by Crippen LogP contribution is 2.30. The predicted molar refractivity (Wildman–Crippen MR) is 232 cm³/mol. The van der Waals surface area contributed by atoms with Crippen LogP contribution in [0.25, 0.3) is 0 Å². The second-order valence-corrected chi connectivity index (χ2v) is 20.3. The Kier molecular flexibility index (Phi) is 14.1. The molecule has 0 aliphatic carbocycles. The van der Waals surface area contributed by atoms with Gasteiger partial charge in [0.15, 0.2) is 20.1 Å². The van der Waals surface area contributed by atoms with Gasteiger partial charge in [-0.05, 0) is 59.7 Å². The Balaban J connectivity index is 0.000000184. The molecule has 61 heavy (non-hydrogen) atoms. The van der Waals surface area contributed by atoms with Gasteiger partial charge in [0.25, 0.3) is 0 Å². The molecule has 0 bridgehead atoms. The Morgan fingerprint density at radius 3 is 1.39 bits per heavy atom. The van der Waals surface area contributed by atoms with Gasteiger partial charge in [-0.1, -0.05) is 52.3 Å². The van der Waals surface area contributed by atoms with Gasteiger partial charge in [0.1, 0.15) is 29.0 Å². The van der Waals surface area contributed by atoms with Crippen LogP contribution in [0.2, 0.25) is 0 Å². The molecule has 6 aromatic rings. The fourth-order valence-electron chi connectivity index (χ4n) is 6.85. The first-order valence-electron chi connectivity index (χ1n) is 18.9. The number of halogens is 5. The van der Waals surface area contributed by atoms with Crippen LogP contribution >= 0.6 is 38.6 Å². The van der Waals surface area contributed by atoms with Crippen LogP contribution in [0.15, 0.2) is 110 Å². The Labute approximate surface area is 368 Å². The van der Waals surface area contributed by atoms with Crippen LogP contribution in [0.1, 0.15) is 22.5 Å². The zero-order valence-corrected chi connectivity index (χ0v) is 37.4. The summed E-state index contributed by atoms with van der Waals surface area (Å²) in [6.45, 7) is 2.11. The number of hydrogen-bond acceptors (Lipinski definition) is 11. The van der Waals surface area contributed by atoms with Gasteiger partial charge in [-0.15, -0.1) is 22.7 Å². The maximum atomic E-state index is 14.0. The van der Waals surface area contributed by atoms with Gasteiger partial charge in [0.05, 0.1) is 18.5 Å². The topological polar surface area (TPSA) is 116 Å². The summed E-state index contributed by atoms with van der Waals surface area (Å²) < 4.78 is 115. The number of methoxy groups -OCH3 is 1. The van der Waals surface area contributed by atoms with Crippen LogP contribution in [-0.2, 0) is 32.9 Å². The molecule has 0 atom stereocenters. The van der Waals surface area contributed by atoms with Crippen molar-refractivity contribution in [2.24, 2.45) is 0 Å². The van der Waals surface area contributed by atoms with Gasteiger partial charge >= 0.3 is 0 Å². The number of sulfonamides is 2. The van der Waals surface area contributed by atoms with E-state index in [9.17, 15) is 34.4 Å². The maximum Gasteiger partial charge on any atom is 0.249 e. The quantitative estimate of drug-likeness (QED) is 0.120. The number of hydrogen-bond donors (Lipinski definition) is 0. The van der Waals surface area contributed by atoms with Gasteiger partial charge in [-0.3, -0.25) is 0 Å². The van der Waals surface area contributed by atoms with Crippen molar-refractivity contribution in [3.8, 4) is 5.75 Å². The molecule has 2 fully saturated rings. The van der Waals surface area contributed by atoms with Gasteiger partial charge in [0, 0.05) is 80.4 Å². The highest BCUT2D eigenvalue weighted by Gasteiger charge is 2.35. The lowest BCUT2D eigenvalue weighted by molar-refractivity contribution is 0.378. The van der Waals surface area contributed by atoms with Crippen LogP contribution in [0.4, 0.5) is 27.8 Å². The molecular weight excluding hydrogens is 941 g/mol. The van der Waals surface area contributed by atoms with E-state index in [1.54, 1.807) is 7.11 Å². The van der Waals surface area contributed by atoms with E-state index in [4.69, 9.17) is 4.74 Å². The minimum atomic E-state index is -4.24. The molecule has 8 rings (SSSR count). The molecule has 2 aromatic heterocycles. The summed E-state index contributed by atoms with van der Waals surface area (Å²) in [5.74, 6) is -3.52. The minimum absolute atomic E-state index is 0.126. The third-order valence-electron chi connectivity index (χ3n) is 9.92. The monoisotopic (exact) mass is 978 g/mol. The summed E-state index contributed by atoms with van der Waals surface area (Å²) in [4.78, 5) is 11.6. The average molecular weight is 980 g/mol. The van der Waals surface area contributed by atoms with Gasteiger partial charge in [0.2, 0.25) is 20.0 Å². The summed E-state index contributed by atoms with van der Waals surface area (Å²) >= 11 is 6.46. The molecule has 4 aromatic carbocycles. The number of thiazole rings is 2. The summed E-state index contributed by atoms with van der Waals surface area (Å²) in [5, 5.41) is 5.59. The molecule has 20 heteroatoms. The van der Waals surface area contributed by atoms with Crippen molar-refractivity contribution in [1.29, 1.82) is 0 Å². The van der Waals surface area contributed by atoms with Crippen molar-refractivity contribution in [3.05, 3.63) is 146 Å². The molecule has 0 saturated carbocycles. The first-order chi connectivity index (χ1) is 29.2. The summed E-state index contributed by atoms with van der Waals surface area (Å²) in [7, 11) is -6.85. The van der Waals surface area contributed by atoms with Crippen LogP contribution in [0.5, 0.6) is 5.75 Å². The molecule has 0 spiro atoms. The number of aromatic nitrogens is 2. The van der Waals surface area contributed by atoms with E-state index in [2.05, 4.69) is 25.9 Å². The van der Waals surface area contributed by atoms with Crippen LogP contribution < -0.4 is 14.5 Å². The smallest absolute Gasteiger partial charge is 0.249 e. The molecule has 2 aliphatic heterocycles. The van der Waals surface area contributed by atoms with Crippen molar-refractivity contribution in [1.82, 2.24) is 18.6 Å². The molecule has 322 valence electrons. The number of anilines is 2. The normalized spacial score (nSPS) is 15.4. The van der Waals surface area contributed by atoms with Crippen molar-refractivity contribution in [2.45, 2.75) is 22.6 Å².